The number of unbranched alkanes of at least 4 members (excludes halogenated alkanes) is 2. The number of hydrogen-bond acceptors (Lipinski definition) is 2. The van der Waals surface area contributed by atoms with Crippen LogP contribution >= 0.6 is 11.8 Å². The van der Waals surface area contributed by atoms with Crippen LogP contribution in [0.3, 0.4) is 0 Å². The molecule has 0 fully saturated rings. The number of nitrogens with one attached hydrogen (secondary N) is 1. The lowest BCUT2D eigenvalue weighted by Gasteiger charge is -2.32. The molecule has 1 unspecified atom stereocenters. The predicted octanol–water partition coefficient (Wildman–Crippen LogP) is 4.42. The fraction of sp³-hybridized carbons (Fsp3) is 1.00. The second kappa shape index (κ2) is 8.46. The van der Waals surface area contributed by atoms with Crippen molar-refractivity contribution in [1.29, 1.82) is 0 Å². The largest absolute Gasteiger partial charge is 0.309 e. The van der Waals surface area contributed by atoms with E-state index in [1.165, 1.54) is 38.5 Å². The third-order valence-electron chi connectivity index (χ3n) is 2.99. The molecule has 0 heterocycles. The third-order valence-corrected chi connectivity index (χ3v) is 4.55. The van der Waals surface area contributed by atoms with E-state index in [2.05, 4.69) is 51.8 Å². The van der Waals surface area contributed by atoms with E-state index in [1.807, 2.05) is 0 Å². The Kier molecular flexibility index (Phi) is 8.64. The van der Waals surface area contributed by atoms with E-state index in [0.717, 1.165) is 0 Å². The van der Waals surface area contributed by atoms with E-state index in [1.54, 1.807) is 0 Å². The highest BCUT2D eigenvalue weighted by Gasteiger charge is 2.25. The second-order valence-corrected chi connectivity index (χ2v) is 6.63. The van der Waals surface area contributed by atoms with Gasteiger partial charge in [0.1, 0.15) is 0 Å². The van der Waals surface area contributed by atoms with Crippen LogP contribution in [0.25, 0.3) is 0 Å². The lowest BCUT2D eigenvalue weighted by atomic mass is 9.97. The van der Waals surface area contributed by atoms with Crippen LogP contribution in [-0.4, -0.2) is 17.2 Å². The van der Waals surface area contributed by atoms with E-state index in [4.69, 9.17) is 0 Å². The Balaban J connectivity index is 4.12. The summed E-state index contributed by atoms with van der Waals surface area (Å²) in [5.41, 5.74) is 0. The first kappa shape index (κ1) is 15.3. The minimum Gasteiger partial charge on any atom is -0.309 e. The van der Waals surface area contributed by atoms with Gasteiger partial charge in [-0.2, -0.15) is 0 Å². The minimum absolute atomic E-state index is 0.481. The molecule has 0 aliphatic rings. The fourth-order valence-corrected chi connectivity index (χ4v) is 3.33. The Morgan fingerprint density at radius 1 is 1.13 bits per heavy atom. The number of thioether (sulfide) groups is 1. The van der Waals surface area contributed by atoms with Crippen molar-refractivity contribution in [2.75, 3.05) is 7.05 Å². The van der Waals surface area contributed by atoms with Crippen molar-refractivity contribution in [2.24, 2.45) is 0 Å². The molecule has 0 amide bonds. The molecule has 92 valence electrons. The monoisotopic (exact) mass is 231 g/mol. The van der Waals surface area contributed by atoms with Gasteiger partial charge in [-0.3, -0.25) is 0 Å². The Bertz CT molecular complexity index is 139. The van der Waals surface area contributed by atoms with Crippen molar-refractivity contribution in [2.45, 2.75) is 76.3 Å². The summed E-state index contributed by atoms with van der Waals surface area (Å²) in [7, 11) is 2.05. The summed E-state index contributed by atoms with van der Waals surface area (Å²) in [6, 6.07) is 0. The summed E-state index contributed by atoms with van der Waals surface area (Å²) in [6.45, 7) is 9.27. The van der Waals surface area contributed by atoms with Crippen molar-refractivity contribution in [3.05, 3.63) is 0 Å². The number of rotatable bonds is 9. The molecule has 0 spiro atoms. The van der Waals surface area contributed by atoms with Gasteiger partial charge in [-0.1, -0.05) is 46.5 Å². The molecule has 2 heteroatoms. The molecule has 1 atom stereocenters. The normalized spacial score (nSPS) is 14.2. The molecule has 0 rings (SSSR count). The summed E-state index contributed by atoms with van der Waals surface area (Å²) in [5.74, 6) is 0. The molecule has 15 heavy (non-hydrogen) atoms. The average Bonchev–Trinajstić information content (AvgIpc) is 2.23. The van der Waals surface area contributed by atoms with Crippen LogP contribution in [0.5, 0.6) is 0 Å². The van der Waals surface area contributed by atoms with Crippen LogP contribution in [0.15, 0.2) is 0 Å². The molecule has 0 aromatic heterocycles. The zero-order valence-electron chi connectivity index (χ0n) is 11.2. The van der Waals surface area contributed by atoms with Crippen molar-refractivity contribution in [3.63, 3.8) is 0 Å². The molecule has 0 saturated heterocycles. The summed E-state index contributed by atoms with van der Waals surface area (Å²) < 4.78 is 0.481. The summed E-state index contributed by atoms with van der Waals surface area (Å²) in [5, 5.41) is 3.91. The second-order valence-electron chi connectivity index (χ2n) is 4.71. The van der Waals surface area contributed by atoms with Crippen molar-refractivity contribution in [1.82, 2.24) is 5.32 Å². The molecular formula is C13H29NS. The molecule has 0 bridgehead atoms. The first-order chi connectivity index (χ1) is 7.08. The predicted molar refractivity (Wildman–Crippen MR) is 73.6 cm³/mol. The van der Waals surface area contributed by atoms with E-state index >= 15 is 0 Å². The Morgan fingerprint density at radius 2 is 1.60 bits per heavy atom. The minimum atomic E-state index is 0.481. The van der Waals surface area contributed by atoms with Gasteiger partial charge in [-0.25, -0.2) is 0 Å². The zero-order chi connectivity index (χ0) is 11.7. The van der Waals surface area contributed by atoms with Gasteiger partial charge in [0.05, 0.1) is 5.37 Å². The zero-order valence-corrected chi connectivity index (χ0v) is 12.0. The van der Waals surface area contributed by atoms with Gasteiger partial charge in [0.15, 0.2) is 0 Å². The molecule has 1 N–H and O–H groups in total. The van der Waals surface area contributed by atoms with Crippen molar-refractivity contribution < 1.29 is 0 Å². The van der Waals surface area contributed by atoms with Gasteiger partial charge in [-0.05, 0) is 26.8 Å². The number of hydrogen-bond donors (Lipinski definition) is 1. The Labute approximate surface area is 101 Å². The van der Waals surface area contributed by atoms with Gasteiger partial charge in [0.2, 0.25) is 0 Å². The maximum Gasteiger partial charge on any atom is 0.0506 e. The summed E-state index contributed by atoms with van der Waals surface area (Å²) >= 11 is 2.12. The van der Waals surface area contributed by atoms with E-state index in [0.29, 0.717) is 10.1 Å². The first-order valence-corrected chi connectivity index (χ1v) is 7.31. The van der Waals surface area contributed by atoms with Gasteiger partial charge in [-0.15, -0.1) is 11.8 Å². The molecule has 0 radical (unpaired) electrons. The van der Waals surface area contributed by atoms with E-state index < -0.39 is 0 Å². The van der Waals surface area contributed by atoms with E-state index in [9.17, 15) is 0 Å². The lowest BCUT2D eigenvalue weighted by molar-refractivity contribution is 0.494. The smallest absolute Gasteiger partial charge is 0.0506 e. The van der Waals surface area contributed by atoms with Crippen LogP contribution in [0.1, 0.15) is 66.2 Å². The van der Waals surface area contributed by atoms with Crippen molar-refractivity contribution in [3.8, 4) is 0 Å². The Hall–Kier alpha value is 0.310. The SMILES string of the molecule is CCCCC(C)(CCCC)SC(C)NC. The standard InChI is InChI=1S/C13H29NS/c1-6-8-10-13(4,11-9-7-2)15-12(3)14-5/h12,14H,6-11H2,1-5H3. The lowest BCUT2D eigenvalue weighted by Crippen LogP contribution is -2.28. The highest BCUT2D eigenvalue weighted by atomic mass is 32.2. The molecule has 0 aromatic rings. The molecule has 0 aliphatic heterocycles. The molecule has 0 saturated carbocycles. The Morgan fingerprint density at radius 3 is 1.93 bits per heavy atom. The third kappa shape index (κ3) is 7.24. The summed E-state index contributed by atoms with van der Waals surface area (Å²) in [6.07, 6.45) is 8.08. The van der Waals surface area contributed by atoms with Crippen LogP contribution < -0.4 is 5.32 Å². The molecule has 1 nitrogen and oxygen atoms in total. The summed E-state index contributed by atoms with van der Waals surface area (Å²) in [4.78, 5) is 0. The first-order valence-electron chi connectivity index (χ1n) is 6.43. The molecule has 0 aliphatic carbocycles. The average molecular weight is 231 g/mol. The topological polar surface area (TPSA) is 12.0 Å². The van der Waals surface area contributed by atoms with Gasteiger partial charge >= 0.3 is 0 Å². The van der Waals surface area contributed by atoms with Crippen molar-refractivity contribution >= 4 is 11.8 Å². The van der Waals surface area contributed by atoms with Crippen LogP contribution in [-0.2, 0) is 0 Å². The quantitative estimate of drug-likeness (QED) is 0.589. The molecule has 0 aromatic carbocycles. The highest BCUT2D eigenvalue weighted by molar-refractivity contribution is 8.01. The van der Waals surface area contributed by atoms with Gasteiger partial charge in [0.25, 0.3) is 0 Å². The molecular weight excluding hydrogens is 202 g/mol. The van der Waals surface area contributed by atoms with Gasteiger partial charge in [0, 0.05) is 4.75 Å². The van der Waals surface area contributed by atoms with Crippen LogP contribution in [0.2, 0.25) is 0 Å². The maximum absolute atomic E-state index is 3.34. The van der Waals surface area contributed by atoms with Crippen LogP contribution in [0.4, 0.5) is 0 Å². The van der Waals surface area contributed by atoms with Crippen LogP contribution in [0, 0.1) is 0 Å². The fourth-order valence-electron chi connectivity index (χ4n) is 1.83. The highest BCUT2D eigenvalue weighted by Crippen LogP contribution is 2.37. The van der Waals surface area contributed by atoms with Gasteiger partial charge < -0.3 is 5.32 Å². The van der Waals surface area contributed by atoms with E-state index in [-0.39, 0.29) is 0 Å². The maximum atomic E-state index is 3.34.